The first-order valence-electron chi connectivity index (χ1n) is 8.18. The van der Waals surface area contributed by atoms with Crippen LogP contribution in [0, 0.1) is 16.4 Å². The summed E-state index contributed by atoms with van der Waals surface area (Å²) in [4.78, 5) is 8.16. The molecule has 3 rings (SSSR count). The van der Waals surface area contributed by atoms with Crippen molar-refractivity contribution >= 4 is 21.4 Å². The van der Waals surface area contributed by atoms with Crippen LogP contribution in [-0.2, 0) is 15.5 Å². The Bertz CT molecular complexity index is 1120. The number of pyridine rings is 2. The van der Waals surface area contributed by atoms with Crippen LogP contribution in [0.5, 0.6) is 5.75 Å². The van der Waals surface area contributed by atoms with Gasteiger partial charge in [-0.3, -0.25) is 4.78 Å². The Morgan fingerprint density at radius 1 is 1.11 bits per heavy atom. The molecular weight excluding hydrogens is 386 g/mol. The van der Waals surface area contributed by atoms with Gasteiger partial charge < -0.3 is 10.1 Å². The van der Waals surface area contributed by atoms with Crippen LogP contribution >= 0.6 is 0 Å². The van der Waals surface area contributed by atoms with Gasteiger partial charge in [0.2, 0.25) is 0 Å². The van der Waals surface area contributed by atoms with Crippen molar-refractivity contribution in [3.8, 4) is 16.9 Å². The molecule has 0 aliphatic carbocycles. The predicted molar refractivity (Wildman–Crippen MR) is 104 cm³/mol. The number of halogens is 2. The Balaban J connectivity index is 1.94. The molecule has 0 spiro atoms. The number of nitrogens with zero attached hydrogens (tertiary/aromatic N) is 2. The third-order valence-corrected chi connectivity index (χ3v) is 4.72. The second kappa shape index (κ2) is 7.89. The van der Waals surface area contributed by atoms with Gasteiger partial charge in [0.15, 0.2) is 0 Å². The van der Waals surface area contributed by atoms with E-state index in [-0.39, 0.29) is 17.1 Å². The molecule has 3 aromatic rings. The summed E-state index contributed by atoms with van der Waals surface area (Å²) in [7, 11) is -1.31. The zero-order valence-electron chi connectivity index (χ0n) is 15.2. The SMILES string of the molecule is COc1cc(F)ccc1-c1cc(Nc2cc(C[S@](C)(=N)=O)ccn2)ncc1F. The molecule has 1 aromatic carbocycles. The van der Waals surface area contributed by atoms with Gasteiger partial charge >= 0.3 is 0 Å². The van der Waals surface area contributed by atoms with E-state index >= 15 is 0 Å². The maximum Gasteiger partial charge on any atom is 0.149 e. The van der Waals surface area contributed by atoms with Crippen molar-refractivity contribution in [1.82, 2.24) is 9.97 Å². The van der Waals surface area contributed by atoms with Gasteiger partial charge in [0, 0.05) is 39.4 Å². The molecule has 146 valence electrons. The molecule has 2 aromatic heterocycles. The van der Waals surface area contributed by atoms with E-state index in [0.717, 1.165) is 6.20 Å². The van der Waals surface area contributed by atoms with E-state index in [1.165, 1.54) is 43.8 Å². The fraction of sp³-hybridized carbons (Fsp3) is 0.158. The van der Waals surface area contributed by atoms with Gasteiger partial charge in [-0.2, -0.15) is 0 Å². The highest BCUT2D eigenvalue weighted by molar-refractivity contribution is 7.90. The summed E-state index contributed by atoms with van der Waals surface area (Å²) in [5.41, 5.74) is 1.25. The van der Waals surface area contributed by atoms with Crippen LogP contribution in [0.25, 0.3) is 11.1 Å². The molecule has 9 heteroatoms. The van der Waals surface area contributed by atoms with E-state index in [0.29, 0.717) is 22.8 Å². The van der Waals surface area contributed by atoms with Crippen molar-refractivity contribution in [1.29, 1.82) is 4.78 Å². The lowest BCUT2D eigenvalue weighted by molar-refractivity contribution is 0.412. The molecule has 0 amide bonds. The topological polar surface area (TPSA) is 88.0 Å². The molecule has 0 unspecified atom stereocenters. The summed E-state index contributed by atoms with van der Waals surface area (Å²) in [6.45, 7) is 0. The molecule has 6 nitrogen and oxygen atoms in total. The number of aromatic nitrogens is 2. The molecule has 28 heavy (non-hydrogen) atoms. The minimum absolute atomic E-state index is 0.0963. The van der Waals surface area contributed by atoms with Gasteiger partial charge in [-0.15, -0.1) is 0 Å². The van der Waals surface area contributed by atoms with Gasteiger partial charge in [0.1, 0.15) is 29.0 Å². The van der Waals surface area contributed by atoms with Crippen molar-refractivity contribution in [2.24, 2.45) is 0 Å². The summed E-state index contributed by atoms with van der Waals surface area (Å²) in [6, 6.07) is 8.63. The zero-order valence-corrected chi connectivity index (χ0v) is 16.0. The molecule has 0 saturated heterocycles. The molecule has 2 heterocycles. The van der Waals surface area contributed by atoms with Crippen molar-refractivity contribution in [2.45, 2.75) is 5.75 Å². The highest BCUT2D eigenvalue weighted by atomic mass is 32.2. The van der Waals surface area contributed by atoms with Gasteiger partial charge in [-0.05, 0) is 35.9 Å². The molecule has 2 N–H and O–H groups in total. The van der Waals surface area contributed by atoms with E-state index < -0.39 is 21.4 Å². The number of hydrogen-bond acceptors (Lipinski definition) is 6. The largest absolute Gasteiger partial charge is 0.496 e. The number of methoxy groups -OCH3 is 1. The lowest BCUT2D eigenvalue weighted by atomic mass is 10.0. The second-order valence-corrected chi connectivity index (χ2v) is 8.52. The highest BCUT2D eigenvalue weighted by Gasteiger charge is 2.14. The van der Waals surface area contributed by atoms with Crippen LogP contribution in [0.4, 0.5) is 20.4 Å². The van der Waals surface area contributed by atoms with E-state index in [1.807, 2.05) is 0 Å². The van der Waals surface area contributed by atoms with E-state index in [9.17, 15) is 13.0 Å². The summed E-state index contributed by atoms with van der Waals surface area (Å²) in [5.74, 6) is -0.0513. The average Bonchev–Trinajstić information content (AvgIpc) is 2.62. The molecule has 0 fully saturated rings. The normalized spacial score (nSPS) is 13.0. The molecule has 0 saturated carbocycles. The van der Waals surface area contributed by atoms with Crippen molar-refractivity contribution in [3.05, 3.63) is 66.0 Å². The molecule has 0 aliphatic rings. The Kier molecular flexibility index (Phi) is 5.55. The lowest BCUT2D eigenvalue weighted by Crippen LogP contribution is -2.02. The van der Waals surface area contributed by atoms with E-state index in [1.54, 1.807) is 12.1 Å². The minimum Gasteiger partial charge on any atom is -0.496 e. The number of nitrogens with one attached hydrogen (secondary N) is 2. The summed E-state index contributed by atoms with van der Waals surface area (Å²) >= 11 is 0. The highest BCUT2D eigenvalue weighted by Crippen LogP contribution is 2.33. The van der Waals surface area contributed by atoms with Crippen LogP contribution in [0.1, 0.15) is 5.56 Å². The summed E-state index contributed by atoms with van der Waals surface area (Å²) in [6.07, 6.45) is 3.94. The van der Waals surface area contributed by atoms with Gasteiger partial charge in [0.05, 0.1) is 19.1 Å². The van der Waals surface area contributed by atoms with Crippen molar-refractivity contribution in [2.75, 3.05) is 18.7 Å². The first-order valence-corrected chi connectivity index (χ1v) is 10.3. The second-order valence-electron chi connectivity index (χ2n) is 6.22. The van der Waals surface area contributed by atoms with Crippen LogP contribution in [0.2, 0.25) is 0 Å². The molecule has 1 atom stereocenters. The van der Waals surface area contributed by atoms with Crippen molar-refractivity contribution in [3.63, 3.8) is 0 Å². The molecular formula is C19H18F2N4O2S. The molecule has 0 radical (unpaired) electrons. The standard InChI is InChI=1S/C19H18F2N4O2S/c1-27-17-8-13(20)3-4-14(17)15-9-19(24-10-16(15)21)25-18-7-12(5-6-23-18)11-28(2,22)26/h3-10,22H,11H2,1-2H3,(H,23,24,25)/t28-/m1/s1. The molecule has 0 bridgehead atoms. The Morgan fingerprint density at radius 3 is 2.57 bits per heavy atom. The van der Waals surface area contributed by atoms with Crippen LogP contribution < -0.4 is 10.1 Å². The van der Waals surface area contributed by atoms with E-state index in [4.69, 9.17) is 9.52 Å². The minimum atomic E-state index is -2.69. The van der Waals surface area contributed by atoms with Gasteiger partial charge in [-0.25, -0.2) is 23.0 Å². The number of benzene rings is 1. The average molecular weight is 404 g/mol. The summed E-state index contributed by atoms with van der Waals surface area (Å²) in [5, 5.41) is 2.96. The maximum absolute atomic E-state index is 14.4. The Labute approximate surface area is 161 Å². The fourth-order valence-electron chi connectivity index (χ4n) is 2.68. The summed E-state index contributed by atoms with van der Waals surface area (Å²) < 4.78 is 52.2. The first-order chi connectivity index (χ1) is 13.2. The van der Waals surface area contributed by atoms with Crippen molar-refractivity contribution < 1.29 is 17.7 Å². The third-order valence-electron chi connectivity index (χ3n) is 3.83. The monoisotopic (exact) mass is 404 g/mol. The smallest absolute Gasteiger partial charge is 0.149 e. The predicted octanol–water partition coefficient (Wildman–Crippen LogP) is 4.35. The third kappa shape index (κ3) is 4.80. The van der Waals surface area contributed by atoms with Crippen LogP contribution in [-0.4, -0.2) is 27.5 Å². The quantitative estimate of drug-likeness (QED) is 0.638. The zero-order chi connectivity index (χ0) is 20.3. The van der Waals surface area contributed by atoms with Gasteiger partial charge in [0.25, 0.3) is 0 Å². The van der Waals surface area contributed by atoms with E-state index in [2.05, 4.69) is 15.3 Å². The fourth-order valence-corrected chi connectivity index (χ4v) is 3.50. The number of anilines is 2. The Morgan fingerprint density at radius 2 is 1.86 bits per heavy atom. The lowest BCUT2D eigenvalue weighted by Gasteiger charge is -2.12. The van der Waals surface area contributed by atoms with Crippen LogP contribution in [0.15, 0.2) is 48.8 Å². The molecule has 0 aliphatic heterocycles. The number of hydrogen-bond donors (Lipinski definition) is 2. The maximum atomic E-state index is 14.4. The van der Waals surface area contributed by atoms with Crippen LogP contribution in [0.3, 0.4) is 0 Å². The first kappa shape index (κ1) is 19.7. The number of ether oxygens (including phenoxy) is 1. The number of rotatable bonds is 6. The van der Waals surface area contributed by atoms with Gasteiger partial charge in [-0.1, -0.05) is 0 Å². The Hall–Kier alpha value is -3.07.